The minimum absolute atomic E-state index is 0.301. The highest BCUT2D eigenvalue weighted by atomic mass is 35.5. The predicted octanol–water partition coefficient (Wildman–Crippen LogP) is 4.03. The van der Waals surface area contributed by atoms with E-state index >= 15 is 0 Å². The van der Waals surface area contributed by atoms with E-state index in [1.54, 1.807) is 31.3 Å². The van der Waals surface area contributed by atoms with E-state index in [9.17, 15) is 9.90 Å². The topological polar surface area (TPSA) is 75.1 Å². The lowest BCUT2D eigenvalue weighted by Gasteiger charge is -2.07. The molecule has 2 heterocycles. The summed E-state index contributed by atoms with van der Waals surface area (Å²) in [4.78, 5) is 20.6. The summed E-state index contributed by atoms with van der Waals surface area (Å²) in [6, 6.07) is 14.6. The number of amides is 1. The molecule has 6 heteroatoms. The third-order valence-electron chi connectivity index (χ3n) is 3.84. The van der Waals surface area contributed by atoms with E-state index in [1.807, 2.05) is 30.3 Å². The quantitative estimate of drug-likeness (QED) is 0.714. The fraction of sp³-hybridized carbons (Fsp3) is 0.150. The number of aliphatic hydroxyl groups excluding tert-OH is 1. The molecule has 132 valence electrons. The van der Waals surface area contributed by atoms with E-state index < -0.39 is 6.10 Å². The normalized spacial score (nSPS) is 11.8. The molecule has 1 amide bonds. The Bertz CT molecular complexity index is 894. The summed E-state index contributed by atoms with van der Waals surface area (Å²) in [5, 5.41) is 12.9. The molecule has 26 heavy (non-hydrogen) atoms. The van der Waals surface area contributed by atoms with Crippen molar-refractivity contribution in [2.75, 3.05) is 5.32 Å². The van der Waals surface area contributed by atoms with Gasteiger partial charge in [0.05, 0.1) is 17.4 Å². The Labute approximate surface area is 156 Å². The number of halogens is 1. The van der Waals surface area contributed by atoms with Crippen molar-refractivity contribution in [2.45, 2.75) is 19.4 Å². The van der Waals surface area contributed by atoms with E-state index in [1.165, 1.54) is 6.20 Å². The molecule has 0 fully saturated rings. The molecule has 1 atom stereocenters. The first-order valence-electron chi connectivity index (χ1n) is 8.16. The number of carbonyl (C=O) groups is 1. The molecule has 3 aromatic rings. The van der Waals surface area contributed by atoms with Gasteiger partial charge in [-0.25, -0.2) is 4.98 Å². The van der Waals surface area contributed by atoms with Crippen LogP contribution in [-0.2, 0) is 6.42 Å². The van der Waals surface area contributed by atoms with Crippen molar-refractivity contribution < 1.29 is 9.90 Å². The van der Waals surface area contributed by atoms with Crippen LogP contribution >= 0.6 is 11.6 Å². The molecule has 1 unspecified atom stereocenters. The van der Waals surface area contributed by atoms with Gasteiger partial charge in [0.25, 0.3) is 5.91 Å². The van der Waals surface area contributed by atoms with E-state index in [2.05, 4.69) is 15.3 Å². The molecule has 2 aromatic heterocycles. The smallest absolute Gasteiger partial charge is 0.258 e. The molecule has 0 aliphatic carbocycles. The van der Waals surface area contributed by atoms with Crippen molar-refractivity contribution in [3.8, 4) is 0 Å². The molecule has 0 radical (unpaired) electrons. The Kier molecular flexibility index (Phi) is 5.61. The van der Waals surface area contributed by atoms with Gasteiger partial charge in [0.15, 0.2) is 0 Å². The number of benzene rings is 1. The average molecular weight is 368 g/mol. The lowest BCUT2D eigenvalue weighted by atomic mass is 10.1. The second kappa shape index (κ2) is 8.08. The van der Waals surface area contributed by atoms with Gasteiger partial charge in [0.2, 0.25) is 0 Å². The molecule has 0 aliphatic rings. The summed E-state index contributed by atoms with van der Waals surface area (Å²) in [6.45, 7) is 1.62. The van der Waals surface area contributed by atoms with Crippen molar-refractivity contribution in [3.05, 3.63) is 88.3 Å². The van der Waals surface area contributed by atoms with Gasteiger partial charge in [-0.05, 0) is 54.8 Å². The van der Waals surface area contributed by atoms with Crippen molar-refractivity contribution >= 4 is 23.3 Å². The zero-order valence-corrected chi connectivity index (χ0v) is 14.9. The maximum absolute atomic E-state index is 12.2. The standard InChI is InChI=1S/C20H18ClN3O2/c1-13(25)18-7-6-16(12-22-18)20(26)24-19-8-5-15(11-23-19)9-14-3-2-4-17(21)10-14/h2-8,10-13,25H,9H2,1H3,(H,23,24,26). The van der Waals surface area contributed by atoms with E-state index in [0.717, 1.165) is 11.1 Å². The lowest BCUT2D eigenvalue weighted by Crippen LogP contribution is -2.13. The zero-order chi connectivity index (χ0) is 18.5. The van der Waals surface area contributed by atoms with Crippen LogP contribution in [0.25, 0.3) is 0 Å². The van der Waals surface area contributed by atoms with Crippen LogP contribution in [0.1, 0.15) is 40.2 Å². The highest BCUT2D eigenvalue weighted by Crippen LogP contribution is 2.16. The number of aromatic nitrogens is 2. The number of hydrogen-bond acceptors (Lipinski definition) is 4. The van der Waals surface area contributed by atoms with Gasteiger partial charge in [0.1, 0.15) is 5.82 Å². The number of nitrogens with zero attached hydrogens (tertiary/aromatic N) is 2. The van der Waals surface area contributed by atoms with Crippen molar-refractivity contribution in [2.24, 2.45) is 0 Å². The van der Waals surface area contributed by atoms with Crippen LogP contribution in [0.15, 0.2) is 60.9 Å². The summed E-state index contributed by atoms with van der Waals surface area (Å²) >= 11 is 6.00. The third kappa shape index (κ3) is 4.65. The summed E-state index contributed by atoms with van der Waals surface area (Å²) in [5.41, 5.74) is 3.04. The lowest BCUT2D eigenvalue weighted by molar-refractivity contribution is 0.102. The van der Waals surface area contributed by atoms with Crippen LogP contribution in [0.3, 0.4) is 0 Å². The van der Waals surface area contributed by atoms with E-state index in [-0.39, 0.29) is 5.91 Å². The molecule has 5 nitrogen and oxygen atoms in total. The fourth-order valence-electron chi connectivity index (χ4n) is 2.46. The largest absolute Gasteiger partial charge is 0.387 e. The van der Waals surface area contributed by atoms with Gasteiger partial charge in [0, 0.05) is 17.4 Å². The van der Waals surface area contributed by atoms with Gasteiger partial charge in [-0.3, -0.25) is 9.78 Å². The van der Waals surface area contributed by atoms with Gasteiger partial charge >= 0.3 is 0 Å². The highest BCUT2D eigenvalue weighted by molar-refractivity contribution is 6.30. The Hall–Kier alpha value is -2.76. The molecule has 3 rings (SSSR count). The summed E-state index contributed by atoms with van der Waals surface area (Å²) in [5.74, 6) is 0.161. The van der Waals surface area contributed by atoms with Crippen LogP contribution in [-0.4, -0.2) is 21.0 Å². The molecule has 1 aromatic carbocycles. The van der Waals surface area contributed by atoms with Gasteiger partial charge in [-0.2, -0.15) is 0 Å². The summed E-state index contributed by atoms with van der Waals surface area (Å²) in [6.07, 6.45) is 3.21. The number of anilines is 1. The Morgan fingerprint density at radius 3 is 2.58 bits per heavy atom. The summed E-state index contributed by atoms with van der Waals surface area (Å²) < 4.78 is 0. The fourth-order valence-corrected chi connectivity index (χ4v) is 2.67. The SMILES string of the molecule is CC(O)c1ccc(C(=O)Nc2ccc(Cc3cccc(Cl)c3)cn2)cn1. The van der Waals surface area contributed by atoms with E-state index in [0.29, 0.717) is 28.5 Å². The second-order valence-corrected chi connectivity index (χ2v) is 6.40. The molecular weight excluding hydrogens is 350 g/mol. The average Bonchev–Trinajstić information content (AvgIpc) is 2.63. The second-order valence-electron chi connectivity index (χ2n) is 5.96. The maximum Gasteiger partial charge on any atom is 0.258 e. The Balaban J connectivity index is 1.64. The van der Waals surface area contributed by atoms with E-state index in [4.69, 9.17) is 11.6 Å². The number of nitrogens with one attached hydrogen (secondary N) is 1. The van der Waals surface area contributed by atoms with Crippen LogP contribution in [0.2, 0.25) is 5.02 Å². The zero-order valence-electron chi connectivity index (χ0n) is 14.2. The monoisotopic (exact) mass is 367 g/mol. The Morgan fingerprint density at radius 2 is 1.96 bits per heavy atom. The molecule has 0 saturated carbocycles. The highest BCUT2D eigenvalue weighted by Gasteiger charge is 2.09. The van der Waals surface area contributed by atoms with Crippen LogP contribution in [0.5, 0.6) is 0 Å². The van der Waals surface area contributed by atoms with Crippen LogP contribution < -0.4 is 5.32 Å². The minimum atomic E-state index is -0.666. The van der Waals surface area contributed by atoms with Gasteiger partial charge < -0.3 is 10.4 Å². The third-order valence-corrected chi connectivity index (χ3v) is 4.08. The molecule has 0 saturated heterocycles. The first-order valence-corrected chi connectivity index (χ1v) is 8.54. The Morgan fingerprint density at radius 1 is 1.12 bits per heavy atom. The number of aliphatic hydroxyl groups is 1. The number of hydrogen-bond donors (Lipinski definition) is 2. The van der Waals surface area contributed by atoms with Crippen molar-refractivity contribution in [1.29, 1.82) is 0 Å². The van der Waals surface area contributed by atoms with Crippen LogP contribution in [0, 0.1) is 0 Å². The molecule has 0 bridgehead atoms. The number of carbonyl (C=O) groups excluding carboxylic acids is 1. The molecule has 0 aliphatic heterocycles. The minimum Gasteiger partial charge on any atom is -0.387 e. The number of rotatable bonds is 5. The summed E-state index contributed by atoms with van der Waals surface area (Å²) in [7, 11) is 0. The van der Waals surface area contributed by atoms with Crippen molar-refractivity contribution in [1.82, 2.24) is 9.97 Å². The predicted molar refractivity (Wildman–Crippen MR) is 101 cm³/mol. The molecule has 0 spiro atoms. The van der Waals surface area contributed by atoms with Gasteiger partial charge in [-0.15, -0.1) is 0 Å². The first-order chi connectivity index (χ1) is 12.5. The van der Waals surface area contributed by atoms with Gasteiger partial charge in [-0.1, -0.05) is 29.8 Å². The molecule has 2 N–H and O–H groups in total. The number of pyridine rings is 2. The molecular formula is C20H18ClN3O2. The van der Waals surface area contributed by atoms with Crippen LogP contribution in [0.4, 0.5) is 5.82 Å². The van der Waals surface area contributed by atoms with Crippen molar-refractivity contribution in [3.63, 3.8) is 0 Å². The first kappa shape index (κ1) is 18.0. The maximum atomic E-state index is 12.2.